The van der Waals surface area contributed by atoms with E-state index < -0.39 is 0 Å². The molecule has 26 heavy (non-hydrogen) atoms. The normalized spacial score (nSPS) is 17.1. The van der Waals surface area contributed by atoms with Crippen molar-refractivity contribution >= 4 is 22.6 Å². The Kier molecular flexibility index (Phi) is 3.17. The molecule has 0 bridgehead atoms. The van der Waals surface area contributed by atoms with E-state index in [0.29, 0.717) is 0 Å². The SMILES string of the molecule is CNC1=Nc2cc(-c3cc4[nH]ccc4nc3C)c(OC)cc2C12CCC2. The third kappa shape index (κ3) is 1.91. The van der Waals surface area contributed by atoms with Crippen LogP contribution in [-0.2, 0) is 5.41 Å². The lowest BCUT2D eigenvalue weighted by molar-refractivity contribution is 0.338. The summed E-state index contributed by atoms with van der Waals surface area (Å²) in [5.41, 5.74) is 7.53. The first-order chi connectivity index (χ1) is 12.7. The Bertz CT molecular complexity index is 1060. The van der Waals surface area contributed by atoms with E-state index in [2.05, 4.69) is 28.5 Å². The molecule has 0 unspecified atom stereocenters. The highest BCUT2D eigenvalue weighted by atomic mass is 16.5. The van der Waals surface area contributed by atoms with Crippen LogP contribution in [0.15, 0.2) is 35.5 Å². The van der Waals surface area contributed by atoms with Gasteiger partial charge in [-0.15, -0.1) is 0 Å². The molecular weight excluding hydrogens is 324 g/mol. The van der Waals surface area contributed by atoms with E-state index in [1.165, 1.54) is 12.0 Å². The fourth-order valence-electron chi connectivity index (χ4n) is 4.46. The first-order valence-corrected chi connectivity index (χ1v) is 9.11. The molecule has 2 N–H and O–H groups in total. The molecular formula is C21H22N4O. The number of rotatable bonds is 2. The Hall–Kier alpha value is -2.82. The minimum Gasteiger partial charge on any atom is -0.496 e. The van der Waals surface area contributed by atoms with Crippen LogP contribution >= 0.6 is 0 Å². The summed E-state index contributed by atoms with van der Waals surface area (Å²) in [6, 6.07) is 8.50. The second-order valence-electron chi connectivity index (χ2n) is 7.25. The number of methoxy groups -OCH3 is 1. The summed E-state index contributed by atoms with van der Waals surface area (Å²) < 4.78 is 5.80. The largest absolute Gasteiger partial charge is 0.496 e. The molecule has 1 aliphatic heterocycles. The molecule has 0 amide bonds. The zero-order valence-electron chi connectivity index (χ0n) is 15.3. The molecule has 3 heterocycles. The number of pyridine rings is 1. The van der Waals surface area contributed by atoms with Gasteiger partial charge in [-0.3, -0.25) is 4.98 Å². The van der Waals surface area contributed by atoms with Crippen LogP contribution in [0.5, 0.6) is 5.75 Å². The minimum absolute atomic E-state index is 0.0621. The minimum atomic E-state index is 0.0621. The van der Waals surface area contributed by atoms with Gasteiger partial charge in [-0.05, 0) is 49.6 Å². The van der Waals surface area contributed by atoms with Crippen molar-refractivity contribution in [1.29, 1.82) is 0 Å². The topological polar surface area (TPSA) is 62.3 Å². The molecule has 2 aromatic heterocycles. The zero-order chi connectivity index (χ0) is 17.9. The van der Waals surface area contributed by atoms with E-state index in [9.17, 15) is 0 Å². The number of benzene rings is 1. The van der Waals surface area contributed by atoms with E-state index in [-0.39, 0.29) is 5.41 Å². The van der Waals surface area contributed by atoms with Crippen molar-refractivity contribution in [3.8, 4) is 16.9 Å². The first kappa shape index (κ1) is 15.4. The van der Waals surface area contributed by atoms with Crippen molar-refractivity contribution in [2.75, 3.05) is 14.2 Å². The lowest BCUT2D eigenvalue weighted by Crippen LogP contribution is -2.45. The maximum absolute atomic E-state index is 5.80. The van der Waals surface area contributed by atoms with E-state index in [1.807, 2.05) is 26.2 Å². The number of hydrogen-bond donors (Lipinski definition) is 2. The number of aromatic nitrogens is 2. The van der Waals surface area contributed by atoms with Crippen LogP contribution < -0.4 is 10.1 Å². The Morgan fingerprint density at radius 3 is 2.73 bits per heavy atom. The van der Waals surface area contributed by atoms with E-state index in [4.69, 9.17) is 14.7 Å². The predicted molar refractivity (Wildman–Crippen MR) is 105 cm³/mol. The van der Waals surface area contributed by atoms with Crippen molar-refractivity contribution < 1.29 is 4.74 Å². The fraction of sp³-hybridized carbons (Fsp3) is 0.333. The predicted octanol–water partition coefficient (Wildman–Crippen LogP) is 4.23. The van der Waals surface area contributed by atoms with Gasteiger partial charge in [-0.1, -0.05) is 6.42 Å². The number of amidine groups is 1. The van der Waals surface area contributed by atoms with Crippen LogP contribution in [0.1, 0.15) is 30.5 Å². The summed E-state index contributed by atoms with van der Waals surface area (Å²) in [4.78, 5) is 12.9. The molecule has 1 saturated carbocycles. The number of fused-ring (bicyclic) bond motifs is 3. The van der Waals surface area contributed by atoms with Crippen LogP contribution in [0, 0.1) is 6.92 Å². The molecule has 5 nitrogen and oxygen atoms in total. The molecule has 5 rings (SSSR count). The van der Waals surface area contributed by atoms with Crippen molar-refractivity contribution in [2.45, 2.75) is 31.6 Å². The zero-order valence-corrected chi connectivity index (χ0v) is 15.3. The summed E-state index contributed by atoms with van der Waals surface area (Å²) in [6.45, 7) is 2.05. The summed E-state index contributed by atoms with van der Waals surface area (Å²) in [5.74, 6) is 1.98. The number of aromatic amines is 1. The third-order valence-corrected chi connectivity index (χ3v) is 5.98. The molecule has 1 fully saturated rings. The summed E-state index contributed by atoms with van der Waals surface area (Å²) >= 11 is 0. The molecule has 1 spiro atoms. The lowest BCUT2D eigenvalue weighted by Gasteiger charge is -2.40. The highest BCUT2D eigenvalue weighted by molar-refractivity contribution is 6.02. The smallest absolute Gasteiger partial charge is 0.127 e. The van der Waals surface area contributed by atoms with Gasteiger partial charge in [0, 0.05) is 30.1 Å². The maximum Gasteiger partial charge on any atom is 0.127 e. The van der Waals surface area contributed by atoms with Crippen molar-refractivity contribution in [1.82, 2.24) is 15.3 Å². The Morgan fingerprint density at radius 2 is 2.04 bits per heavy atom. The van der Waals surface area contributed by atoms with Gasteiger partial charge in [0.15, 0.2) is 0 Å². The molecule has 1 aromatic carbocycles. The third-order valence-electron chi connectivity index (χ3n) is 5.98. The second kappa shape index (κ2) is 5.34. The molecule has 0 atom stereocenters. The highest BCUT2D eigenvalue weighted by Crippen LogP contribution is 2.54. The van der Waals surface area contributed by atoms with Gasteiger partial charge in [0.25, 0.3) is 0 Å². The molecule has 0 radical (unpaired) electrons. The fourth-order valence-corrected chi connectivity index (χ4v) is 4.46. The second-order valence-corrected chi connectivity index (χ2v) is 7.25. The molecule has 0 saturated heterocycles. The molecule has 2 aliphatic rings. The number of hydrogen-bond acceptors (Lipinski definition) is 4. The summed E-state index contributed by atoms with van der Waals surface area (Å²) in [5, 5.41) is 3.32. The number of aryl methyl sites for hydroxylation is 1. The van der Waals surface area contributed by atoms with Crippen LogP contribution in [0.4, 0.5) is 5.69 Å². The van der Waals surface area contributed by atoms with Crippen LogP contribution in [0.2, 0.25) is 0 Å². The van der Waals surface area contributed by atoms with Gasteiger partial charge in [-0.25, -0.2) is 4.99 Å². The number of nitrogens with zero attached hydrogens (tertiary/aromatic N) is 2. The maximum atomic E-state index is 5.80. The number of aliphatic imine (C=N–C) groups is 1. The molecule has 1 aliphatic carbocycles. The standard InChI is InChI=1S/C21H22N4O/c1-12-13(9-18-16(24-12)5-8-23-18)14-10-17-15(11-19(14)26-3)21(6-4-7-21)20(22-2)25-17/h5,8-11,23H,4,6-7H2,1-3H3,(H,22,25). The summed E-state index contributed by atoms with van der Waals surface area (Å²) in [7, 11) is 3.71. The van der Waals surface area contributed by atoms with Crippen LogP contribution in [-0.4, -0.2) is 30.0 Å². The van der Waals surface area contributed by atoms with Gasteiger partial charge in [0.2, 0.25) is 0 Å². The molecule has 5 heteroatoms. The quantitative estimate of drug-likeness (QED) is 0.730. The number of ether oxygens (including phenoxy) is 1. The van der Waals surface area contributed by atoms with Crippen molar-refractivity contribution in [3.63, 3.8) is 0 Å². The Balaban J connectivity index is 1.73. The lowest BCUT2D eigenvalue weighted by atomic mass is 9.64. The van der Waals surface area contributed by atoms with Gasteiger partial charge < -0.3 is 15.0 Å². The number of likely N-dealkylation sites (N-methyl/N-ethyl adjacent to an activating group) is 1. The first-order valence-electron chi connectivity index (χ1n) is 9.11. The van der Waals surface area contributed by atoms with E-state index >= 15 is 0 Å². The highest BCUT2D eigenvalue weighted by Gasteiger charge is 2.48. The van der Waals surface area contributed by atoms with E-state index in [1.54, 1.807) is 7.11 Å². The Morgan fingerprint density at radius 1 is 1.19 bits per heavy atom. The van der Waals surface area contributed by atoms with Gasteiger partial charge >= 0.3 is 0 Å². The average molecular weight is 346 g/mol. The van der Waals surface area contributed by atoms with Crippen LogP contribution in [0.25, 0.3) is 22.2 Å². The Labute approximate surface area is 152 Å². The van der Waals surface area contributed by atoms with Crippen LogP contribution in [0.3, 0.4) is 0 Å². The number of H-pyrrole nitrogens is 1. The monoisotopic (exact) mass is 346 g/mol. The van der Waals surface area contributed by atoms with Gasteiger partial charge in [0.1, 0.15) is 11.6 Å². The van der Waals surface area contributed by atoms with Gasteiger partial charge in [0.05, 0.1) is 29.2 Å². The van der Waals surface area contributed by atoms with Crippen molar-refractivity contribution in [3.05, 3.63) is 41.7 Å². The summed E-state index contributed by atoms with van der Waals surface area (Å²) in [6.07, 6.45) is 5.47. The van der Waals surface area contributed by atoms with Gasteiger partial charge in [-0.2, -0.15) is 0 Å². The number of nitrogens with one attached hydrogen (secondary N) is 2. The van der Waals surface area contributed by atoms with E-state index in [0.717, 1.165) is 58.0 Å². The molecule has 3 aromatic rings. The van der Waals surface area contributed by atoms with Crippen molar-refractivity contribution in [2.24, 2.45) is 4.99 Å². The average Bonchev–Trinajstić information content (AvgIpc) is 3.19. The molecule has 132 valence electrons.